The number of hydrogen-bond donors (Lipinski definition) is 1. The molecule has 0 aliphatic heterocycles. The Labute approximate surface area is 84.3 Å². The maximum absolute atomic E-state index is 9.06. The number of nitrogens with zero attached hydrogens (tertiary/aromatic N) is 1. The van der Waals surface area contributed by atoms with Gasteiger partial charge in [0.15, 0.2) is 0 Å². The average molecular weight is 189 g/mol. The molecule has 0 radical (unpaired) electrons. The summed E-state index contributed by atoms with van der Waals surface area (Å²) >= 11 is 0. The van der Waals surface area contributed by atoms with Gasteiger partial charge in [-0.3, -0.25) is 0 Å². The van der Waals surface area contributed by atoms with Crippen LogP contribution < -0.4 is 0 Å². The van der Waals surface area contributed by atoms with Crippen molar-refractivity contribution in [1.29, 1.82) is 0 Å². The van der Waals surface area contributed by atoms with Crippen LogP contribution in [0.2, 0.25) is 0 Å². The first-order valence-corrected chi connectivity index (χ1v) is 4.96. The molecular formula is C12H15NO. The van der Waals surface area contributed by atoms with Crippen LogP contribution >= 0.6 is 0 Å². The van der Waals surface area contributed by atoms with Crippen LogP contribution in [0.15, 0.2) is 29.4 Å². The van der Waals surface area contributed by atoms with E-state index in [2.05, 4.69) is 25.1 Å². The highest BCUT2D eigenvalue weighted by Gasteiger charge is 2.32. The number of hydrogen-bond acceptors (Lipinski definition) is 2. The van der Waals surface area contributed by atoms with Gasteiger partial charge in [-0.05, 0) is 18.4 Å². The van der Waals surface area contributed by atoms with E-state index in [1.54, 1.807) is 0 Å². The van der Waals surface area contributed by atoms with Gasteiger partial charge in [-0.25, -0.2) is 0 Å². The van der Waals surface area contributed by atoms with Gasteiger partial charge in [0.05, 0.1) is 5.71 Å². The average Bonchev–Trinajstić information content (AvgIpc) is 2.17. The van der Waals surface area contributed by atoms with E-state index in [0.29, 0.717) is 0 Å². The lowest BCUT2D eigenvalue weighted by Crippen LogP contribution is -2.31. The van der Waals surface area contributed by atoms with Crippen LogP contribution in [0.25, 0.3) is 0 Å². The number of aryl methyl sites for hydroxylation is 1. The molecule has 14 heavy (non-hydrogen) atoms. The molecular weight excluding hydrogens is 174 g/mol. The Bertz CT molecular complexity index is 380. The van der Waals surface area contributed by atoms with Crippen molar-refractivity contribution >= 4 is 5.71 Å². The van der Waals surface area contributed by atoms with Crippen LogP contribution in [-0.2, 0) is 6.42 Å². The number of benzene rings is 1. The smallest absolute Gasteiger partial charge is 0.0926 e. The lowest BCUT2D eigenvalue weighted by molar-refractivity contribution is 0.306. The molecule has 0 atom stereocenters. The molecule has 0 aromatic heterocycles. The number of oxime groups is 1. The van der Waals surface area contributed by atoms with Crippen molar-refractivity contribution < 1.29 is 5.21 Å². The van der Waals surface area contributed by atoms with E-state index in [1.165, 1.54) is 5.56 Å². The number of rotatable bonds is 0. The third-order valence-corrected chi connectivity index (χ3v) is 3.03. The second-order valence-electron chi connectivity index (χ2n) is 4.49. The molecule has 0 heterocycles. The Balaban J connectivity index is 2.57. The molecule has 2 heteroatoms. The minimum Gasteiger partial charge on any atom is -0.411 e. The molecule has 0 bridgehead atoms. The largest absolute Gasteiger partial charge is 0.411 e. The quantitative estimate of drug-likeness (QED) is 0.494. The molecule has 0 amide bonds. The van der Waals surface area contributed by atoms with Gasteiger partial charge in [0, 0.05) is 11.0 Å². The second kappa shape index (κ2) is 3.12. The summed E-state index contributed by atoms with van der Waals surface area (Å²) in [6.45, 7) is 4.25. The lowest BCUT2D eigenvalue weighted by atomic mass is 9.73. The van der Waals surface area contributed by atoms with Gasteiger partial charge in [-0.1, -0.05) is 43.3 Å². The van der Waals surface area contributed by atoms with Crippen LogP contribution in [0.5, 0.6) is 0 Å². The van der Waals surface area contributed by atoms with Crippen molar-refractivity contribution in [3.63, 3.8) is 0 Å². The summed E-state index contributed by atoms with van der Waals surface area (Å²) in [5.41, 5.74) is 3.20. The topological polar surface area (TPSA) is 32.6 Å². The first-order valence-electron chi connectivity index (χ1n) is 4.96. The molecule has 1 N–H and O–H groups in total. The fraction of sp³-hybridized carbons (Fsp3) is 0.417. The van der Waals surface area contributed by atoms with Gasteiger partial charge in [0.25, 0.3) is 0 Å². The normalized spacial score (nSPS) is 22.0. The van der Waals surface area contributed by atoms with Gasteiger partial charge in [-0.15, -0.1) is 0 Å². The van der Waals surface area contributed by atoms with Gasteiger partial charge in [0.1, 0.15) is 0 Å². The fourth-order valence-electron chi connectivity index (χ4n) is 2.09. The fourth-order valence-corrected chi connectivity index (χ4v) is 2.09. The standard InChI is InChI=1S/C12H15NO/c1-12(2)8-7-9-5-3-4-6-10(9)11(12)13-14/h3-6,14H,7-8H2,1-2H3. The van der Waals surface area contributed by atoms with Gasteiger partial charge < -0.3 is 5.21 Å². The van der Waals surface area contributed by atoms with Gasteiger partial charge in [0.2, 0.25) is 0 Å². The van der Waals surface area contributed by atoms with Crippen molar-refractivity contribution in [2.24, 2.45) is 10.6 Å². The van der Waals surface area contributed by atoms with E-state index in [-0.39, 0.29) is 5.41 Å². The summed E-state index contributed by atoms with van der Waals surface area (Å²) in [7, 11) is 0. The summed E-state index contributed by atoms with van der Waals surface area (Å²) in [4.78, 5) is 0. The monoisotopic (exact) mass is 189 g/mol. The van der Waals surface area contributed by atoms with E-state index in [9.17, 15) is 0 Å². The predicted molar refractivity (Wildman–Crippen MR) is 56.9 cm³/mol. The molecule has 0 saturated heterocycles. The minimum atomic E-state index is -0.0108. The van der Waals surface area contributed by atoms with Gasteiger partial charge >= 0.3 is 0 Å². The number of fused-ring (bicyclic) bond motifs is 1. The van der Waals surface area contributed by atoms with E-state index < -0.39 is 0 Å². The molecule has 0 fully saturated rings. The Hall–Kier alpha value is -1.31. The Kier molecular flexibility index (Phi) is 2.06. The van der Waals surface area contributed by atoms with E-state index in [4.69, 9.17) is 5.21 Å². The Morgan fingerprint density at radius 1 is 1.29 bits per heavy atom. The predicted octanol–water partition coefficient (Wildman–Crippen LogP) is 2.84. The molecule has 0 saturated carbocycles. The molecule has 2 rings (SSSR count). The van der Waals surface area contributed by atoms with Crippen molar-refractivity contribution in [3.05, 3.63) is 35.4 Å². The maximum atomic E-state index is 9.06. The Morgan fingerprint density at radius 3 is 2.71 bits per heavy atom. The van der Waals surface area contributed by atoms with Crippen LogP contribution in [0.1, 0.15) is 31.4 Å². The second-order valence-corrected chi connectivity index (χ2v) is 4.49. The van der Waals surface area contributed by atoms with Crippen LogP contribution in [0.4, 0.5) is 0 Å². The van der Waals surface area contributed by atoms with Crippen molar-refractivity contribution in [2.45, 2.75) is 26.7 Å². The molecule has 2 nitrogen and oxygen atoms in total. The highest BCUT2D eigenvalue weighted by molar-refractivity contribution is 6.06. The third-order valence-electron chi connectivity index (χ3n) is 3.03. The molecule has 1 aliphatic rings. The van der Waals surface area contributed by atoms with Crippen molar-refractivity contribution in [2.75, 3.05) is 0 Å². The van der Waals surface area contributed by atoms with Crippen LogP contribution in [0, 0.1) is 5.41 Å². The SMILES string of the molecule is CC1(C)CCc2ccccc2C1=NO. The van der Waals surface area contributed by atoms with Crippen LogP contribution in [-0.4, -0.2) is 10.9 Å². The first kappa shape index (κ1) is 9.25. The first-order chi connectivity index (χ1) is 6.65. The van der Waals surface area contributed by atoms with E-state index >= 15 is 0 Å². The molecule has 0 spiro atoms. The van der Waals surface area contributed by atoms with Crippen LogP contribution in [0.3, 0.4) is 0 Å². The highest BCUT2D eigenvalue weighted by atomic mass is 16.4. The molecule has 1 aromatic rings. The lowest BCUT2D eigenvalue weighted by Gasteiger charge is -2.31. The van der Waals surface area contributed by atoms with Crippen molar-refractivity contribution in [1.82, 2.24) is 0 Å². The summed E-state index contributed by atoms with van der Waals surface area (Å²) < 4.78 is 0. The van der Waals surface area contributed by atoms with Crippen molar-refractivity contribution in [3.8, 4) is 0 Å². The zero-order valence-electron chi connectivity index (χ0n) is 8.62. The zero-order chi connectivity index (χ0) is 10.2. The highest BCUT2D eigenvalue weighted by Crippen LogP contribution is 2.34. The van der Waals surface area contributed by atoms with E-state index in [1.807, 2.05) is 18.2 Å². The molecule has 1 aromatic carbocycles. The molecule has 74 valence electrons. The summed E-state index contributed by atoms with van der Waals surface area (Å²) in [6.07, 6.45) is 2.12. The zero-order valence-corrected chi connectivity index (χ0v) is 8.62. The molecule has 0 unspecified atom stereocenters. The van der Waals surface area contributed by atoms with Gasteiger partial charge in [-0.2, -0.15) is 0 Å². The minimum absolute atomic E-state index is 0.0108. The third kappa shape index (κ3) is 1.31. The summed E-state index contributed by atoms with van der Waals surface area (Å²) in [6, 6.07) is 8.17. The molecule has 1 aliphatic carbocycles. The summed E-state index contributed by atoms with van der Waals surface area (Å²) in [5.74, 6) is 0. The Morgan fingerprint density at radius 2 is 2.00 bits per heavy atom. The summed E-state index contributed by atoms with van der Waals surface area (Å²) in [5, 5.41) is 12.5. The maximum Gasteiger partial charge on any atom is 0.0926 e. The van der Waals surface area contributed by atoms with E-state index in [0.717, 1.165) is 24.1 Å².